The Bertz CT molecular complexity index is 727. The number of carbonyl (C=O) groups excluding carboxylic acids is 1. The van der Waals surface area contributed by atoms with E-state index in [9.17, 15) is 10.1 Å². The smallest absolute Gasteiger partial charge is 0.238 e. The summed E-state index contributed by atoms with van der Waals surface area (Å²) in [6, 6.07) is 5.57. The maximum absolute atomic E-state index is 12.5. The fourth-order valence-electron chi connectivity index (χ4n) is 3.77. The zero-order chi connectivity index (χ0) is 19.2. The average molecular weight is 431 g/mol. The number of nitrogens with zero attached hydrogens (tertiary/aromatic N) is 3. The monoisotopic (exact) mass is 430 g/mol. The van der Waals surface area contributed by atoms with E-state index in [1.54, 1.807) is 11.1 Å². The molecule has 0 spiro atoms. The Morgan fingerprint density at radius 1 is 1.33 bits per heavy atom. The van der Waals surface area contributed by atoms with Gasteiger partial charge in [-0.1, -0.05) is 5.92 Å². The fourth-order valence-corrected chi connectivity index (χ4v) is 4.12. The van der Waals surface area contributed by atoms with Crippen molar-refractivity contribution in [1.82, 2.24) is 15.2 Å². The van der Waals surface area contributed by atoms with Crippen LogP contribution in [0.4, 0.5) is 0 Å². The molecule has 2 atom stereocenters. The van der Waals surface area contributed by atoms with Gasteiger partial charge in [0, 0.05) is 12.2 Å². The van der Waals surface area contributed by atoms with E-state index < -0.39 is 6.04 Å². The van der Waals surface area contributed by atoms with E-state index in [1.807, 2.05) is 12.1 Å². The second-order valence-electron chi connectivity index (χ2n) is 6.97. The molecule has 3 rings (SSSR count). The molecule has 0 bridgehead atoms. The van der Waals surface area contributed by atoms with Gasteiger partial charge in [0.2, 0.25) is 11.8 Å². The molecule has 1 saturated carbocycles. The number of nitriles is 1. The van der Waals surface area contributed by atoms with Crippen LogP contribution in [0.2, 0.25) is 0 Å². The van der Waals surface area contributed by atoms with Gasteiger partial charge in [0.25, 0.3) is 0 Å². The lowest BCUT2D eigenvalue weighted by atomic mass is 9.93. The highest BCUT2D eigenvalue weighted by molar-refractivity contribution is 9.10. The van der Waals surface area contributed by atoms with Crippen LogP contribution in [-0.4, -0.2) is 46.6 Å². The van der Waals surface area contributed by atoms with Gasteiger partial charge < -0.3 is 15.0 Å². The highest BCUT2D eigenvalue weighted by Gasteiger charge is 2.36. The van der Waals surface area contributed by atoms with Crippen LogP contribution < -0.4 is 10.1 Å². The van der Waals surface area contributed by atoms with Crippen molar-refractivity contribution in [2.45, 2.75) is 62.8 Å². The zero-order valence-corrected chi connectivity index (χ0v) is 16.7. The predicted octanol–water partition coefficient (Wildman–Crippen LogP) is 2.64. The lowest BCUT2D eigenvalue weighted by molar-refractivity contribution is -0.131. The zero-order valence-electron chi connectivity index (χ0n) is 15.1. The molecular formula is C20H23BrN4O2. The molecule has 1 aliphatic heterocycles. The van der Waals surface area contributed by atoms with Gasteiger partial charge in [-0.2, -0.15) is 5.26 Å². The van der Waals surface area contributed by atoms with Crippen LogP contribution in [0.25, 0.3) is 0 Å². The number of likely N-dealkylation sites (tertiary alicyclic amines) is 1. The van der Waals surface area contributed by atoms with E-state index in [0.29, 0.717) is 18.7 Å². The van der Waals surface area contributed by atoms with E-state index in [0.717, 1.165) is 30.2 Å². The van der Waals surface area contributed by atoms with Crippen LogP contribution in [0.15, 0.2) is 22.8 Å². The summed E-state index contributed by atoms with van der Waals surface area (Å²) in [6.07, 6.45) is 12.4. The molecule has 2 fully saturated rings. The van der Waals surface area contributed by atoms with E-state index in [1.165, 1.54) is 0 Å². The Labute approximate surface area is 168 Å². The lowest BCUT2D eigenvalue weighted by Gasteiger charge is -2.30. The summed E-state index contributed by atoms with van der Waals surface area (Å²) < 4.78 is 6.84. The summed E-state index contributed by atoms with van der Waals surface area (Å²) in [7, 11) is 0. The van der Waals surface area contributed by atoms with Crippen LogP contribution in [-0.2, 0) is 4.79 Å². The number of ether oxygens (including phenoxy) is 1. The largest absolute Gasteiger partial charge is 0.474 e. The highest BCUT2D eigenvalue weighted by atomic mass is 79.9. The van der Waals surface area contributed by atoms with Gasteiger partial charge in [-0.05, 0) is 66.6 Å². The third-order valence-corrected chi connectivity index (χ3v) is 5.84. The van der Waals surface area contributed by atoms with Crippen molar-refractivity contribution in [1.29, 1.82) is 5.26 Å². The molecule has 142 valence electrons. The van der Waals surface area contributed by atoms with Crippen molar-refractivity contribution in [2.24, 2.45) is 0 Å². The highest BCUT2D eigenvalue weighted by Crippen LogP contribution is 2.27. The first-order chi connectivity index (χ1) is 13.1. The number of amides is 1. The second-order valence-corrected chi connectivity index (χ2v) is 7.82. The molecular weight excluding hydrogens is 408 g/mol. The topological polar surface area (TPSA) is 78.2 Å². The number of pyridine rings is 1. The number of halogens is 1. The minimum atomic E-state index is -0.402. The maximum atomic E-state index is 12.5. The number of rotatable bonds is 5. The van der Waals surface area contributed by atoms with Crippen molar-refractivity contribution >= 4 is 21.8 Å². The molecule has 1 amide bonds. The van der Waals surface area contributed by atoms with E-state index in [2.05, 4.69) is 38.2 Å². The van der Waals surface area contributed by atoms with Gasteiger partial charge in [-0.3, -0.25) is 4.79 Å². The Hall–Kier alpha value is -2.09. The molecule has 7 heteroatoms. The van der Waals surface area contributed by atoms with E-state index >= 15 is 0 Å². The minimum Gasteiger partial charge on any atom is -0.474 e. The Morgan fingerprint density at radius 3 is 2.74 bits per heavy atom. The van der Waals surface area contributed by atoms with Gasteiger partial charge in [0.05, 0.1) is 23.1 Å². The molecule has 1 aromatic rings. The van der Waals surface area contributed by atoms with Crippen molar-refractivity contribution in [3.63, 3.8) is 0 Å². The lowest BCUT2D eigenvalue weighted by Crippen LogP contribution is -2.47. The summed E-state index contributed by atoms with van der Waals surface area (Å²) in [6.45, 7) is 0.221. The number of hydrogen-bond acceptors (Lipinski definition) is 5. The summed E-state index contributed by atoms with van der Waals surface area (Å²) in [5.74, 6) is 3.17. The number of hydrogen-bond donors (Lipinski definition) is 1. The number of nitrogens with one attached hydrogen (secondary N) is 1. The third-order valence-electron chi connectivity index (χ3n) is 5.23. The molecule has 2 heterocycles. The third kappa shape index (κ3) is 4.80. The molecule has 1 N–H and O–H groups in total. The van der Waals surface area contributed by atoms with Crippen molar-refractivity contribution in [2.75, 3.05) is 6.54 Å². The SMILES string of the molecule is C#C[C@H]1CC[C@@H](C#N)N1C(=O)CNC1CCC(Oc2ncccc2Br)CC1. The van der Waals surface area contributed by atoms with Crippen LogP contribution >= 0.6 is 15.9 Å². The molecule has 6 nitrogen and oxygen atoms in total. The standard InChI is InChI=1S/C20H23BrN4O2/c1-2-15-7-8-16(12-22)25(15)19(26)13-24-14-5-9-17(10-6-14)27-20-18(21)4-3-11-23-20/h1,3-4,11,14-17,24H,5-10,13H2/t14?,15-,16-,17?/m0/s1. The summed E-state index contributed by atoms with van der Waals surface area (Å²) in [4.78, 5) is 18.4. The first kappa shape index (κ1) is 19.7. The fraction of sp³-hybridized carbons (Fsp3) is 0.550. The second kappa shape index (κ2) is 9.21. The van der Waals surface area contributed by atoms with Crippen molar-refractivity contribution < 1.29 is 9.53 Å². The Balaban J connectivity index is 1.44. The molecule has 0 unspecified atom stereocenters. The van der Waals surface area contributed by atoms with Gasteiger partial charge in [0.15, 0.2) is 0 Å². The van der Waals surface area contributed by atoms with E-state index in [-0.39, 0.29) is 30.6 Å². The van der Waals surface area contributed by atoms with E-state index in [4.69, 9.17) is 11.2 Å². The predicted molar refractivity (Wildman–Crippen MR) is 105 cm³/mol. The molecule has 1 aromatic heterocycles. The normalized spacial score (nSPS) is 27.6. The molecule has 27 heavy (non-hydrogen) atoms. The van der Waals surface area contributed by atoms with Gasteiger partial charge in [-0.25, -0.2) is 4.98 Å². The number of terminal acetylenes is 1. The number of aromatic nitrogens is 1. The van der Waals surface area contributed by atoms with Gasteiger partial charge >= 0.3 is 0 Å². The van der Waals surface area contributed by atoms with Crippen LogP contribution in [0.3, 0.4) is 0 Å². The van der Waals surface area contributed by atoms with Gasteiger partial charge in [-0.15, -0.1) is 6.42 Å². The van der Waals surface area contributed by atoms with Crippen molar-refractivity contribution in [3.8, 4) is 24.3 Å². The Kier molecular flexibility index (Phi) is 6.71. The quantitative estimate of drug-likeness (QED) is 0.726. The van der Waals surface area contributed by atoms with Crippen LogP contribution in [0.5, 0.6) is 5.88 Å². The maximum Gasteiger partial charge on any atom is 0.238 e. The number of carbonyl (C=O) groups is 1. The average Bonchev–Trinajstić information content (AvgIpc) is 3.12. The summed E-state index contributed by atoms with van der Waals surface area (Å²) in [5.41, 5.74) is 0. The minimum absolute atomic E-state index is 0.0854. The molecule has 0 radical (unpaired) electrons. The molecule has 0 aromatic carbocycles. The molecule has 1 saturated heterocycles. The first-order valence-electron chi connectivity index (χ1n) is 9.29. The van der Waals surface area contributed by atoms with Crippen LogP contribution in [0.1, 0.15) is 38.5 Å². The summed E-state index contributed by atoms with van der Waals surface area (Å²) >= 11 is 3.45. The molecule has 2 aliphatic rings. The Morgan fingerprint density at radius 2 is 2.07 bits per heavy atom. The molecule has 1 aliphatic carbocycles. The van der Waals surface area contributed by atoms with Crippen molar-refractivity contribution in [3.05, 3.63) is 22.8 Å². The van der Waals surface area contributed by atoms with Crippen LogP contribution in [0, 0.1) is 23.7 Å². The van der Waals surface area contributed by atoms with Gasteiger partial charge in [0.1, 0.15) is 12.1 Å². The summed E-state index contributed by atoms with van der Waals surface area (Å²) in [5, 5.41) is 12.6. The first-order valence-corrected chi connectivity index (χ1v) is 10.1.